The number of anilines is 1. The smallest absolute Gasteiger partial charge is 0.318 e. The lowest BCUT2D eigenvalue weighted by molar-refractivity contribution is -0.126. The Hall–Kier alpha value is -4.23. The van der Waals surface area contributed by atoms with Crippen LogP contribution < -0.4 is 9.64 Å². The Morgan fingerprint density at radius 2 is 2.13 bits per heavy atom. The number of nitrogens with zero attached hydrogens (tertiary/aromatic N) is 5. The first-order chi connectivity index (χ1) is 22.0. The zero-order valence-corrected chi connectivity index (χ0v) is 26.7. The monoisotopic (exact) mass is 629 g/mol. The minimum atomic E-state index is -0.923. The van der Waals surface area contributed by atoms with Gasteiger partial charge < -0.3 is 19.6 Å². The van der Waals surface area contributed by atoms with Gasteiger partial charge in [-0.15, -0.1) is 6.42 Å². The van der Waals surface area contributed by atoms with Crippen LogP contribution in [0.25, 0.3) is 10.8 Å². The largest absolute Gasteiger partial charge is 0.508 e. The summed E-state index contributed by atoms with van der Waals surface area (Å²) < 4.78 is 35.4. The molecule has 46 heavy (non-hydrogen) atoms. The molecule has 0 spiro atoms. The molecule has 4 atom stereocenters. The van der Waals surface area contributed by atoms with E-state index in [2.05, 4.69) is 17.4 Å². The van der Waals surface area contributed by atoms with E-state index in [1.165, 1.54) is 12.1 Å². The van der Waals surface area contributed by atoms with Gasteiger partial charge in [0.15, 0.2) is 0 Å². The van der Waals surface area contributed by atoms with E-state index >= 15 is 0 Å². The molecule has 2 fully saturated rings. The lowest BCUT2D eigenvalue weighted by Gasteiger charge is -2.33. The number of alkyl halides is 1. The van der Waals surface area contributed by atoms with Crippen LogP contribution in [-0.4, -0.2) is 88.9 Å². The van der Waals surface area contributed by atoms with Gasteiger partial charge in [0.25, 0.3) is 0 Å². The number of carbonyl (C=O) groups is 1. The van der Waals surface area contributed by atoms with Gasteiger partial charge in [-0.2, -0.15) is 9.97 Å². The van der Waals surface area contributed by atoms with Crippen molar-refractivity contribution in [3.63, 3.8) is 0 Å². The molecule has 6 rings (SSSR count). The van der Waals surface area contributed by atoms with Crippen LogP contribution in [0.2, 0.25) is 0 Å². The van der Waals surface area contributed by atoms with Crippen molar-refractivity contribution in [3.05, 3.63) is 65.1 Å². The fourth-order valence-electron chi connectivity index (χ4n) is 7.58. The van der Waals surface area contributed by atoms with Gasteiger partial charge in [-0.25, -0.2) is 8.78 Å². The highest BCUT2D eigenvalue weighted by Gasteiger charge is 2.41. The quantitative estimate of drug-likeness (QED) is 0.273. The minimum absolute atomic E-state index is 0.0186. The zero-order valence-electron chi connectivity index (χ0n) is 26.7. The van der Waals surface area contributed by atoms with Crippen LogP contribution in [0.4, 0.5) is 14.6 Å². The van der Waals surface area contributed by atoms with Crippen molar-refractivity contribution in [2.24, 2.45) is 0 Å². The van der Waals surface area contributed by atoms with E-state index in [9.17, 15) is 18.7 Å². The standard InChI is InChI=1S/C36H41F2N5O3/c1-6-27-30(38)13-11-23-15-26(44)17-29(33(23)27)22-10-12-28-31(16-22)39-35(46-21-36(3)18-24(37)19-42(36)5)40-34(28)41(4)20-25-9-8-14-43(25)32(45)7-2/h1,7,11,13,15,17,22,24-25,44H,2,8-10,12,14,16,18-21H2,3-5H3/t22-,24-,25+,36+/m1/s1. The van der Waals surface area contributed by atoms with Gasteiger partial charge in [0.1, 0.15) is 30.2 Å². The predicted molar refractivity (Wildman–Crippen MR) is 175 cm³/mol. The number of aromatic nitrogens is 2. The normalized spacial score (nSPS) is 24.5. The van der Waals surface area contributed by atoms with Crippen molar-refractivity contribution in [2.45, 2.75) is 69.1 Å². The van der Waals surface area contributed by atoms with Crippen molar-refractivity contribution >= 4 is 22.5 Å². The Morgan fingerprint density at radius 3 is 2.85 bits per heavy atom. The van der Waals surface area contributed by atoms with Crippen molar-refractivity contribution < 1.29 is 23.4 Å². The molecule has 1 aromatic heterocycles. The second kappa shape index (κ2) is 12.5. The number of amides is 1. The van der Waals surface area contributed by atoms with E-state index in [1.54, 1.807) is 18.2 Å². The van der Waals surface area contributed by atoms with E-state index in [4.69, 9.17) is 21.1 Å². The maximum Gasteiger partial charge on any atom is 0.318 e. The number of halogens is 2. The van der Waals surface area contributed by atoms with Gasteiger partial charge in [0.05, 0.1) is 16.8 Å². The van der Waals surface area contributed by atoms with Crippen molar-refractivity contribution in [2.75, 3.05) is 45.2 Å². The van der Waals surface area contributed by atoms with Gasteiger partial charge in [-0.3, -0.25) is 9.69 Å². The van der Waals surface area contributed by atoms with Gasteiger partial charge >= 0.3 is 6.01 Å². The third kappa shape index (κ3) is 5.89. The molecule has 10 heteroatoms. The third-order valence-electron chi connectivity index (χ3n) is 10.1. The van der Waals surface area contributed by atoms with Crippen molar-refractivity contribution in [1.29, 1.82) is 0 Å². The summed E-state index contributed by atoms with van der Waals surface area (Å²) in [6, 6.07) is 6.48. The first-order valence-corrected chi connectivity index (χ1v) is 15.9. The highest BCUT2D eigenvalue weighted by atomic mass is 19.1. The summed E-state index contributed by atoms with van der Waals surface area (Å²) in [4.78, 5) is 28.2. The summed E-state index contributed by atoms with van der Waals surface area (Å²) in [5, 5.41) is 11.9. The molecule has 242 valence electrons. The van der Waals surface area contributed by atoms with Crippen LogP contribution in [0, 0.1) is 18.2 Å². The number of carbonyl (C=O) groups excluding carboxylic acids is 1. The number of phenols is 1. The summed E-state index contributed by atoms with van der Waals surface area (Å²) in [6.45, 7) is 7.50. The van der Waals surface area contributed by atoms with Gasteiger partial charge in [0.2, 0.25) is 5.91 Å². The number of likely N-dealkylation sites (tertiary alicyclic amines) is 2. The summed E-state index contributed by atoms with van der Waals surface area (Å²) >= 11 is 0. The van der Waals surface area contributed by atoms with Crippen LogP contribution in [-0.2, 0) is 17.6 Å². The van der Waals surface area contributed by atoms with Gasteiger partial charge in [-0.05, 0) is 87.2 Å². The van der Waals surface area contributed by atoms with Crippen molar-refractivity contribution in [1.82, 2.24) is 19.8 Å². The van der Waals surface area contributed by atoms with E-state index in [0.29, 0.717) is 56.1 Å². The third-order valence-corrected chi connectivity index (χ3v) is 10.1. The number of likely N-dealkylation sites (N-methyl/N-ethyl adjacent to an activating group) is 2. The SMILES string of the molecule is C#Cc1c(F)ccc2cc(O)cc([C@@H]3CCc4c(nc(OC[C@]5(C)C[C@@H](F)CN5C)nc4N(C)C[C@@H]4CCCN4C(=O)C=C)C3)c12. The molecule has 0 radical (unpaired) electrons. The molecule has 2 saturated heterocycles. The average molecular weight is 630 g/mol. The Bertz CT molecular complexity index is 1720. The number of hydrogen-bond donors (Lipinski definition) is 1. The number of rotatable bonds is 8. The maximum absolute atomic E-state index is 14.9. The number of phenolic OH excluding ortho intramolecular Hbond substituents is 1. The molecule has 2 aromatic carbocycles. The Labute approximate surface area is 269 Å². The number of hydrogen-bond acceptors (Lipinski definition) is 7. The molecule has 0 unspecified atom stereocenters. The summed E-state index contributed by atoms with van der Waals surface area (Å²) in [5.74, 6) is 2.70. The number of fused-ring (bicyclic) bond motifs is 2. The highest BCUT2D eigenvalue weighted by Crippen LogP contribution is 2.42. The highest BCUT2D eigenvalue weighted by molar-refractivity contribution is 5.93. The number of benzene rings is 2. The lowest BCUT2D eigenvalue weighted by Crippen LogP contribution is -2.44. The van der Waals surface area contributed by atoms with Crippen LogP contribution in [0.3, 0.4) is 0 Å². The van der Waals surface area contributed by atoms with Gasteiger partial charge in [0, 0.05) is 50.1 Å². The number of terminal acetylenes is 1. The van der Waals surface area contributed by atoms with Crippen LogP contribution in [0.15, 0.2) is 36.9 Å². The first kappa shape index (κ1) is 31.7. The molecular weight excluding hydrogens is 588 g/mol. The number of aromatic hydroxyl groups is 1. The molecule has 8 nitrogen and oxygen atoms in total. The van der Waals surface area contributed by atoms with Crippen LogP contribution in [0.5, 0.6) is 11.8 Å². The molecule has 0 saturated carbocycles. The fourth-order valence-corrected chi connectivity index (χ4v) is 7.58. The predicted octanol–water partition coefficient (Wildman–Crippen LogP) is 5.15. The molecule has 3 heterocycles. The van der Waals surface area contributed by atoms with E-state index in [1.807, 2.05) is 30.8 Å². The van der Waals surface area contributed by atoms with Crippen LogP contribution >= 0.6 is 0 Å². The molecule has 3 aromatic rings. The maximum atomic E-state index is 14.9. The first-order valence-electron chi connectivity index (χ1n) is 15.9. The summed E-state index contributed by atoms with van der Waals surface area (Å²) in [6.07, 6.45) is 10.2. The molecule has 1 N–H and O–H groups in total. The Kier molecular flexibility index (Phi) is 8.64. The Morgan fingerprint density at radius 1 is 1.33 bits per heavy atom. The summed E-state index contributed by atoms with van der Waals surface area (Å²) in [7, 11) is 3.86. The zero-order chi connectivity index (χ0) is 32.7. The number of ether oxygens (including phenoxy) is 1. The molecule has 2 aliphatic heterocycles. The molecule has 1 amide bonds. The lowest BCUT2D eigenvalue weighted by atomic mass is 9.79. The second-order valence-corrected chi connectivity index (χ2v) is 13.3. The Balaban J connectivity index is 1.36. The second-order valence-electron chi connectivity index (χ2n) is 13.3. The fraction of sp³-hybridized carbons (Fsp3) is 0.472. The molecular formula is C36H41F2N5O3. The van der Waals surface area contributed by atoms with Crippen LogP contribution in [0.1, 0.15) is 60.9 Å². The molecule has 1 aliphatic carbocycles. The molecule has 3 aliphatic rings. The van der Waals surface area contributed by atoms with Gasteiger partial charge in [-0.1, -0.05) is 18.6 Å². The topological polar surface area (TPSA) is 82.0 Å². The molecule has 0 bridgehead atoms. The van der Waals surface area contributed by atoms with Crippen molar-refractivity contribution in [3.8, 4) is 24.1 Å². The van der Waals surface area contributed by atoms with E-state index < -0.39 is 17.5 Å². The average Bonchev–Trinajstić information content (AvgIpc) is 3.60. The van der Waals surface area contributed by atoms with E-state index in [0.717, 1.165) is 35.5 Å². The minimum Gasteiger partial charge on any atom is -0.508 e. The van der Waals surface area contributed by atoms with E-state index in [-0.39, 0.29) is 41.8 Å². The summed E-state index contributed by atoms with van der Waals surface area (Å²) in [5.41, 5.74) is 2.26.